The van der Waals surface area contributed by atoms with Gasteiger partial charge < -0.3 is 16.0 Å². The van der Waals surface area contributed by atoms with E-state index >= 15 is 0 Å². The highest BCUT2D eigenvalue weighted by Crippen LogP contribution is 2.21. The van der Waals surface area contributed by atoms with E-state index in [4.69, 9.17) is 0 Å². The van der Waals surface area contributed by atoms with Crippen LogP contribution in [0.1, 0.15) is 22.3 Å². The number of hydrogen-bond donors (Lipinski definition) is 3. The van der Waals surface area contributed by atoms with Gasteiger partial charge in [-0.15, -0.1) is 0 Å². The number of benzene rings is 2. The first-order chi connectivity index (χ1) is 12.6. The molecule has 26 heavy (non-hydrogen) atoms. The third-order valence-electron chi connectivity index (χ3n) is 4.24. The van der Waals surface area contributed by atoms with Crippen molar-refractivity contribution in [3.63, 3.8) is 0 Å². The van der Waals surface area contributed by atoms with Crippen LogP contribution in [0.2, 0.25) is 0 Å². The Hall–Kier alpha value is -2.31. The Kier molecular flexibility index (Phi) is 6.30. The maximum Gasteiger partial charge on any atom is 0.255 e. The second-order valence-electron chi connectivity index (χ2n) is 6.33. The number of anilines is 2. The first-order valence-corrected chi connectivity index (χ1v) is 9.85. The molecule has 5 nitrogen and oxygen atoms in total. The molecule has 0 aromatic heterocycles. The van der Waals surface area contributed by atoms with Gasteiger partial charge in [0.2, 0.25) is 5.91 Å². The lowest BCUT2D eigenvalue weighted by Crippen LogP contribution is -2.39. The molecule has 2 aromatic rings. The molecule has 1 fully saturated rings. The van der Waals surface area contributed by atoms with Crippen LogP contribution in [0, 0.1) is 6.92 Å². The number of hydrogen-bond acceptors (Lipinski definition) is 4. The Labute approximate surface area is 157 Å². The summed E-state index contributed by atoms with van der Waals surface area (Å²) in [5.74, 6) is 1.87. The van der Waals surface area contributed by atoms with E-state index in [-0.39, 0.29) is 17.9 Å². The molecule has 3 N–H and O–H groups in total. The maximum atomic E-state index is 12.3. The van der Waals surface area contributed by atoms with Crippen LogP contribution in [0.15, 0.2) is 48.5 Å². The van der Waals surface area contributed by atoms with E-state index in [1.165, 1.54) is 0 Å². The molecule has 0 saturated carbocycles. The lowest BCUT2D eigenvalue weighted by Gasteiger charge is -2.22. The summed E-state index contributed by atoms with van der Waals surface area (Å²) < 4.78 is 0. The molecule has 1 aliphatic heterocycles. The number of carbonyl (C=O) groups excluding carboxylic acids is 2. The third-order valence-corrected chi connectivity index (χ3v) is 5.37. The van der Waals surface area contributed by atoms with Crippen molar-refractivity contribution >= 4 is 35.0 Å². The molecule has 2 aromatic carbocycles. The van der Waals surface area contributed by atoms with E-state index in [9.17, 15) is 9.59 Å². The fourth-order valence-electron chi connectivity index (χ4n) is 2.80. The zero-order valence-electron chi connectivity index (χ0n) is 14.7. The van der Waals surface area contributed by atoms with Crippen molar-refractivity contribution in [1.82, 2.24) is 5.32 Å². The van der Waals surface area contributed by atoms with Crippen molar-refractivity contribution in [2.75, 3.05) is 28.7 Å². The Balaban J connectivity index is 1.63. The summed E-state index contributed by atoms with van der Waals surface area (Å²) >= 11 is 1.87. The minimum atomic E-state index is -0.171. The van der Waals surface area contributed by atoms with Gasteiger partial charge in [0.05, 0.1) is 0 Å². The molecule has 136 valence electrons. The van der Waals surface area contributed by atoms with Crippen molar-refractivity contribution in [3.05, 3.63) is 59.7 Å². The second-order valence-corrected chi connectivity index (χ2v) is 7.48. The molecule has 0 aliphatic carbocycles. The molecule has 1 heterocycles. The topological polar surface area (TPSA) is 70.2 Å². The van der Waals surface area contributed by atoms with Crippen LogP contribution in [0.5, 0.6) is 0 Å². The molecule has 0 spiro atoms. The summed E-state index contributed by atoms with van der Waals surface area (Å²) in [5.41, 5.74) is 2.94. The molecule has 0 bridgehead atoms. The predicted octanol–water partition coefficient (Wildman–Crippen LogP) is 3.28. The molecule has 1 unspecified atom stereocenters. The minimum Gasteiger partial charge on any atom is -0.326 e. The van der Waals surface area contributed by atoms with E-state index in [0.29, 0.717) is 17.7 Å². The summed E-state index contributed by atoms with van der Waals surface area (Å²) in [6.45, 7) is 2.88. The highest BCUT2D eigenvalue weighted by Gasteiger charge is 2.17. The molecule has 1 saturated heterocycles. The molecular formula is C20H23N3O2S. The van der Waals surface area contributed by atoms with E-state index < -0.39 is 0 Å². The van der Waals surface area contributed by atoms with Gasteiger partial charge in [-0.05, 0) is 36.8 Å². The Morgan fingerprint density at radius 2 is 1.96 bits per heavy atom. The fraction of sp³-hybridized carbons (Fsp3) is 0.300. The van der Waals surface area contributed by atoms with Gasteiger partial charge in [-0.1, -0.05) is 24.3 Å². The van der Waals surface area contributed by atoms with Crippen molar-refractivity contribution in [2.24, 2.45) is 0 Å². The lowest BCUT2D eigenvalue weighted by molar-refractivity contribution is -0.116. The van der Waals surface area contributed by atoms with Gasteiger partial charge in [0, 0.05) is 47.5 Å². The monoisotopic (exact) mass is 369 g/mol. The van der Waals surface area contributed by atoms with Crippen LogP contribution in [0.25, 0.3) is 0 Å². The molecule has 0 radical (unpaired) electrons. The SMILES string of the molecule is Cc1ccc(NC(=O)c2ccccc2)cc1NC(=O)CC1CSCCN1. The van der Waals surface area contributed by atoms with Crippen molar-refractivity contribution in [3.8, 4) is 0 Å². The normalized spacial score (nSPS) is 16.7. The highest BCUT2D eigenvalue weighted by atomic mass is 32.2. The van der Waals surface area contributed by atoms with Gasteiger partial charge in [-0.2, -0.15) is 11.8 Å². The number of amides is 2. The molecule has 1 aliphatic rings. The third kappa shape index (κ3) is 5.09. The summed E-state index contributed by atoms with van der Waals surface area (Å²) in [4.78, 5) is 24.6. The van der Waals surface area contributed by atoms with Crippen LogP contribution < -0.4 is 16.0 Å². The average Bonchev–Trinajstić information content (AvgIpc) is 2.66. The van der Waals surface area contributed by atoms with Crippen molar-refractivity contribution < 1.29 is 9.59 Å². The van der Waals surface area contributed by atoms with Crippen LogP contribution in [0.3, 0.4) is 0 Å². The standard InChI is InChI=1S/C20H23N3O2S/c1-14-7-8-16(22-20(25)15-5-3-2-4-6-15)11-18(14)23-19(24)12-17-13-26-10-9-21-17/h2-8,11,17,21H,9-10,12-13H2,1H3,(H,22,25)(H,23,24). The van der Waals surface area contributed by atoms with Crippen molar-refractivity contribution in [2.45, 2.75) is 19.4 Å². The van der Waals surface area contributed by atoms with E-state index in [1.54, 1.807) is 18.2 Å². The van der Waals surface area contributed by atoms with Gasteiger partial charge in [-0.25, -0.2) is 0 Å². The quantitative estimate of drug-likeness (QED) is 0.756. The van der Waals surface area contributed by atoms with E-state index in [0.717, 1.165) is 29.3 Å². The largest absolute Gasteiger partial charge is 0.326 e. The molecule has 3 rings (SSSR count). The summed E-state index contributed by atoms with van der Waals surface area (Å²) in [6.07, 6.45) is 0.451. The Bertz CT molecular complexity index is 774. The van der Waals surface area contributed by atoms with Gasteiger partial charge in [-0.3, -0.25) is 9.59 Å². The van der Waals surface area contributed by atoms with Gasteiger partial charge in [0.1, 0.15) is 0 Å². The molecule has 2 amide bonds. The number of nitrogens with one attached hydrogen (secondary N) is 3. The number of rotatable bonds is 5. The summed E-state index contributed by atoms with van der Waals surface area (Å²) in [5, 5.41) is 9.21. The zero-order valence-corrected chi connectivity index (χ0v) is 15.6. The molecule has 1 atom stereocenters. The number of aryl methyl sites for hydroxylation is 1. The summed E-state index contributed by atoms with van der Waals surface area (Å²) in [6, 6.07) is 14.8. The van der Waals surface area contributed by atoms with Gasteiger partial charge in [0.25, 0.3) is 5.91 Å². The minimum absolute atomic E-state index is 0.0142. The number of thioether (sulfide) groups is 1. The molecular weight excluding hydrogens is 346 g/mol. The van der Waals surface area contributed by atoms with Crippen LogP contribution in [-0.4, -0.2) is 35.9 Å². The Morgan fingerprint density at radius 1 is 1.15 bits per heavy atom. The van der Waals surface area contributed by atoms with Crippen LogP contribution in [0.4, 0.5) is 11.4 Å². The first-order valence-electron chi connectivity index (χ1n) is 8.70. The van der Waals surface area contributed by atoms with Crippen molar-refractivity contribution in [1.29, 1.82) is 0 Å². The Morgan fingerprint density at radius 3 is 2.69 bits per heavy atom. The summed E-state index contributed by atoms with van der Waals surface area (Å²) in [7, 11) is 0. The zero-order chi connectivity index (χ0) is 18.4. The first kappa shape index (κ1) is 18.5. The highest BCUT2D eigenvalue weighted by molar-refractivity contribution is 7.99. The molecule has 6 heteroatoms. The van der Waals surface area contributed by atoms with Crippen LogP contribution in [-0.2, 0) is 4.79 Å². The average molecular weight is 369 g/mol. The lowest BCUT2D eigenvalue weighted by atomic mass is 10.1. The predicted molar refractivity (Wildman–Crippen MR) is 108 cm³/mol. The fourth-order valence-corrected chi connectivity index (χ4v) is 3.75. The van der Waals surface area contributed by atoms with Gasteiger partial charge >= 0.3 is 0 Å². The van der Waals surface area contributed by atoms with E-state index in [1.807, 2.05) is 49.0 Å². The van der Waals surface area contributed by atoms with Crippen LogP contribution >= 0.6 is 11.8 Å². The second kappa shape index (κ2) is 8.87. The van der Waals surface area contributed by atoms with E-state index in [2.05, 4.69) is 16.0 Å². The maximum absolute atomic E-state index is 12.3. The number of carbonyl (C=O) groups is 2. The smallest absolute Gasteiger partial charge is 0.255 e. The van der Waals surface area contributed by atoms with Gasteiger partial charge in [0.15, 0.2) is 0 Å².